The molecule has 0 aliphatic heterocycles. The fourth-order valence-corrected chi connectivity index (χ4v) is 1.57. The van der Waals surface area contributed by atoms with Gasteiger partial charge >= 0.3 is 0 Å². The topological polar surface area (TPSA) is 15.8 Å². The minimum absolute atomic E-state index is 0.577. The van der Waals surface area contributed by atoms with Crippen molar-refractivity contribution in [2.75, 3.05) is 0 Å². The summed E-state index contributed by atoms with van der Waals surface area (Å²) >= 11 is 0. The van der Waals surface area contributed by atoms with Crippen molar-refractivity contribution in [1.82, 2.24) is 4.98 Å². The van der Waals surface area contributed by atoms with Gasteiger partial charge in [0.15, 0.2) is 0 Å². The Labute approximate surface area is 92.5 Å². The molecule has 1 heteroatoms. The molecule has 0 saturated carbocycles. The lowest BCUT2D eigenvalue weighted by Crippen LogP contribution is -1.84. The summed E-state index contributed by atoms with van der Waals surface area (Å²) in [5.41, 5.74) is 3.88. The molecule has 1 N–H and O–H groups in total. The predicted molar refractivity (Wildman–Crippen MR) is 68.5 cm³/mol. The lowest BCUT2D eigenvalue weighted by Gasteiger charge is -1.97. The molecule has 0 atom stereocenters. The van der Waals surface area contributed by atoms with Crippen LogP contribution in [-0.4, -0.2) is 4.98 Å². The predicted octanol–water partition coefficient (Wildman–Crippen LogP) is 4.63. The molecular weight excluding hydrogens is 182 g/mol. The minimum atomic E-state index is 0.577. The smallest absolute Gasteiger partial charge is 0.0458 e. The zero-order valence-corrected chi connectivity index (χ0v) is 10.4. The maximum atomic E-state index is 3.44. The summed E-state index contributed by atoms with van der Waals surface area (Å²) in [6.45, 7) is 10.5. The average Bonchev–Trinajstić information content (AvgIpc) is 2.63. The fourth-order valence-electron chi connectivity index (χ4n) is 1.57. The van der Waals surface area contributed by atoms with E-state index in [0.29, 0.717) is 5.92 Å². The second-order valence-electron chi connectivity index (χ2n) is 3.97. The van der Waals surface area contributed by atoms with Crippen molar-refractivity contribution >= 4 is 10.9 Å². The van der Waals surface area contributed by atoms with E-state index >= 15 is 0 Å². The third kappa shape index (κ3) is 2.62. The molecule has 0 unspecified atom stereocenters. The van der Waals surface area contributed by atoms with Gasteiger partial charge in [0.05, 0.1) is 0 Å². The normalized spacial score (nSPS) is 10.3. The molecule has 0 aliphatic carbocycles. The van der Waals surface area contributed by atoms with Crippen LogP contribution in [0.2, 0.25) is 0 Å². The van der Waals surface area contributed by atoms with Crippen LogP contribution in [-0.2, 0) is 0 Å². The van der Waals surface area contributed by atoms with Gasteiger partial charge in [0, 0.05) is 11.2 Å². The Morgan fingerprint density at radius 2 is 1.73 bits per heavy atom. The zero-order valence-electron chi connectivity index (χ0n) is 10.4. The van der Waals surface area contributed by atoms with Crippen LogP contribution in [0.15, 0.2) is 24.3 Å². The highest BCUT2D eigenvalue weighted by Crippen LogP contribution is 2.21. The molecule has 0 amide bonds. The molecule has 82 valence electrons. The maximum Gasteiger partial charge on any atom is 0.0458 e. The molecule has 0 radical (unpaired) electrons. The van der Waals surface area contributed by atoms with Crippen molar-refractivity contribution in [2.24, 2.45) is 0 Å². The van der Waals surface area contributed by atoms with Crippen molar-refractivity contribution in [1.29, 1.82) is 0 Å². The number of fused-ring (bicyclic) bond motifs is 1. The Morgan fingerprint density at radius 3 is 2.33 bits per heavy atom. The van der Waals surface area contributed by atoms with Gasteiger partial charge < -0.3 is 4.98 Å². The van der Waals surface area contributed by atoms with Crippen molar-refractivity contribution in [3.8, 4) is 0 Å². The number of H-pyrrole nitrogens is 1. The molecule has 1 aromatic heterocycles. The summed E-state index contributed by atoms with van der Waals surface area (Å²) in [4.78, 5) is 3.44. The van der Waals surface area contributed by atoms with Crippen LogP contribution in [0.1, 0.15) is 44.9 Å². The summed E-state index contributed by atoms with van der Waals surface area (Å²) < 4.78 is 0. The number of hydrogen-bond acceptors (Lipinski definition) is 0. The summed E-state index contributed by atoms with van der Waals surface area (Å²) in [6.07, 6.45) is 0. The first-order chi connectivity index (χ1) is 7.16. The largest absolute Gasteiger partial charge is 0.358 e. The van der Waals surface area contributed by atoms with Crippen molar-refractivity contribution in [3.63, 3.8) is 0 Å². The first kappa shape index (κ1) is 11.8. The van der Waals surface area contributed by atoms with Gasteiger partial charge in [-0.3, -0.25) is 0 Å². The van der Waals surface area contributed by atoms with Crippen LogP contribution >= 0.6 is 0 Å². The monoisotopic (exact) mass is 203 g/mol. The molecule has 0 spiro atoms. The molecule has 2 rings (SSSR count). The summed E-state index contributed by atoms with van der Waals surface area (Å²) in [5.74, 6) is 0.577. The molecule has 1 heterocycles. The van der Waals surface area contributed by atoms with Crippen molar-refractivity contribution in [3.05, 3.63) is 35.5 Å². The van der Waals surface area contributed by atoms with E-state index in [9.17, 15) is 0 Å². The van der Waals surface area contributed by atoms with Gasteiger partial charge in [0.2, 0.25) is 0 Å². The molecular formula is C14H21N. The van der Waals surface area contributed by atoms with Crippen LogP contribution < -0.4 is 0 Å². The van der Waals surface area contributed by atoms with Gasteiger partial charge in [-0.1, -0.05) is 39.8 Å². The number of aryl methyl sites for hydroxylation is 1. The van der Waals surface area contributed by atoms with Crippen molar-refractivity contribution in [2.45, 2.75) is 40.5 Å². The lowest BCUT2D eigenvalue weighted by atomic mass is 10.1. The molecule has 0 bridgehead atoms. The standard InChI is InChI=1S/C12H15N.C2H6/c1-8(2)11-7-10-5-4-9(3)6-12(10)13-11;1-2/h4-8,13H,1-3H3;1-2H3. The Morgan fingerprint density at radius 1 is 1.07 bits per heavy atom. The van der Waals surface area contributed by atoms with Crippen LogP contribution in [0.4, 0.5) is 0 Å². The van der Waals surface area contributed by atoms with Gasteiger partial charge in [-0.15, -0.1) is 0 Å². The highest BCUT2D eigenvalue weighted by Gasteiger charge is 2.03. The van der Waals surface area contributed by atoms with E-state index in [-0.39, 0.29) is 0 Å². The van der Waals surface area contributed by atoms with Crippen molar-refractivity contribution < 1.29 is 0 Å². The Kier molecular flexibility index (Phi) is 3.96. The van der Waals surface area contributed by atoms with E-state index in [0.717, 1.165) is 0 Å². The van der Waals surface area contributed by atoms with Gasteiger partial charge in [0.1, 0.15) is 0 Å². The van der Waals surface area contributed by atoms with Crippen LogP contribution in [0.5, 0.6) is 0 Å². The highest BCUT2D eigenvalue weighted by molar-refractivity contribution is 5.81. The Hall–Kier alpha value is -1.24. The first-order valence-electron chi connectivity index (χ1n) is 5.76. The molecule has 0 aliphatic rings. The molecule has 15 heavy (non-hydrogen) atoms. The van der Waals surface area contributed by atoms with E-state index < -0.39 is 0 Å². The van der Waals surface area contributed by atoms with Gasteiger partial charge in [-0.25, -0.2) is 0 Å². The van der Waals surface area contributed by atoms with E-state index in [1.807, 2.05) is 13.8 Å². The maximum absolute atomic E-state index is 3.44. The number of hydrogen-bond donors (Lipinski definition) is 1. The second kappa shape index (κ2) is 5.01. The van der Waals surface area contributed by atoms with Gasteiger partial charge in [-0.2, -0.15) is 0 Å². The zero-order chi connectivity index (χ0) is 11.4. The molecule has 2 aromatic rings. The fraction of sp³-hybridized carbons (Fsp3) is 0.429. The SMILES string of the molecule is CC.Cc1ccc2cc(C(C)C)[nH]c2c1. The van der Waals surface area contributed by atoms with Crippen LogP contribution in [0.25, 0.3) is 10.9 Å². The second-order valence-corrected chi connectivity index (χ2v) is 3.97. The van der Waals surface area contributed by atoms with Crippen LogP contribution in [0.3, 0.4) is 0 Å². The Balaban J connectivity index is 0.000000531. The van der Waals surface area contributed by atoms with Gasteiger partial charge in [0.25, 0.3) is 0 Å². The number of nitrogens with one attached hydrogen (secondary N) is 1. The minimum Gasteiger partial charge on any atom is -0.358 e. The molecule has 1 aromatic carbocycles. The summed E-state index contributed by atoms with van der Waals surface area (Å²) in [6, 6.07) is 8.76. The molecule has 0 saturated heterocycles. The summed E-state index contributed by atoms with van der Waals surface area (Å²) in [5, 5.41) is 1.31. The first-order valence-corrected chi connectivity index (χ1v) is 5.76. The van der Waals surface area contributed by atoms with Crippen LogP contribution in [0, 0.1) is 6.92 Å². The lowest BCUT2D eigenvalue weighted by molar-refractivity contribution is 0.836. The van der Waals surface area contributed by atoms with Gasteiger partial charge in [-0.05, 0) is 35.9 Å². The molecule has 0 fully saturated rings. The average molecular weight is 203 g/mol. The quantitative estimate of drug-likeness (QED) is 0.695. The van der Waals surface area contributed by atoms with E-state index in [1.165, 1.54) is 22.2 Å². The van der Waals surface area contributed by atoms with E-state index in [2.05, 4.69) is 50.0 Å². The third-order valence-electron chi connectivity index (χ3n) is 2.42. The van der Waals surface area contributed by atoms with E-state index in [4.69, 9.17) is 0 Å². The number of benzene rings is 1. The summed E-state index contributed by atoms with van der Waals surface area (Å²) in [7, 11) is 0. The Bertz CT molecular complexity index is 424. The number of aromatic amines is 1. The highest BCUT2D eigenvalue weighted by atomic mass is 14.7. The number of aromatic nitrogens is 1. The third-order valence-corrected chi connectivity index (χ3v) is 2.42. The molecule has 1 nitrogen and oxygen atoms in total. The van der Waals surface area contributed by atoms with E-state index in [1.54, 1.807) is 0 Å². The number of rotatable bonds is 1.